The summed E-state index contributed by atoms with van der Waals surface area (Å²) >= 11 is 0. The van der Waals surface area contributed by atoms with Gasteiger partial charge in [0.15, 0.2) is 0 Å². The molecule has 2 nitrogen and oxygen atoms in total. The number of hydrogen-bond donors (Lipinski definition) is 1. The second kappa shape index (κ2) is 5.31. The van der Waals surface area contributed by atoms with Gasteiger partial charge in [0.25, 0.3) is 0 Å². The first-order valence-corrected chi connectivity index (χ1v) is 10.0. The molecule has 0 aromatic heterocycles. The summed E-state index contributed by atoms with van der Waals surface area (Å²) in [5, 5.41) is 10.1. The number of ketones is 1. The van der Waals surface area contributed by atoms with Crippen molar-refractivity contribution in [2.75, 3.05) is 0 Å². The van der Waals surface area contributed by atoms with Crippen molar-refractivity contribution < 1.29 is 9.90 Å². The number of aliphatic hydroxyl groups is 1. The fourth-order valence-corrected chi connectivity index (χ4v) is 7.90. The fourth-order valence-electron chi connectivity index (χ4n) is 7.90. The topological polar surface area (TPSA) is 37.3 Å². The standard InChI is InChI=1S/C21H34O2/c1-13(22)17-6-7-18-16-5-4-14-12-15(23)8-10-20(14,2)19(16)9-11-21(17,18)3/h14-19,23H,4-12H2,1-3H3/t14-,15-,16+,17-,18+,19+,20-,21+/m0/s1. The summed E-state index contributed by atoms with van der Waals surface area (Å²) in [7, 11) is 0. The predicted octanol–water partition coefficient (Wildman–Crippen LogP) is 4.60. The number of carbonyl (C=O) groups excluding carboxylic acids is 1. The average molecular weight is 319 g/mol. The van der Waals surface area contributed by atoms with Crippen LogP contribution in [0.4, 0.5) is 0 Å². The maximum absolute atomic E-state index is 12.2. The largest absolute Gasteiger partial charge is 0.393 e. The summed E-state index contributed by atoms with van der Waals surface area (Å²) in [5.41, 5.74) is 0.738. The van der Waals surface area contributed by atoms with Crippen LogP contribution in [0, 0.1) is 40.4 Å². The van der Waals surface area contributed by atoms with Gasteiger partial charge in [-0.15, -0.1) is 0 Å². The first-order chi connectivity index (χ1) is 10.9. The van der Waals surface area contributed by atoms with Crippen LogP contribution in [0.3, 0.4) is 0 Å². The van der Waals surface area contributed by atoms with Gasteiger partial charge in [-0.1, -0.05) is 13.8 Å². The Hall–Kier alpha value is -0.370. The van der Waals surface area contributed by atoms with Crippen LogP contribution in [0.15, 0.2) is 0 Å². The van der Waals surface area contributed by atoms with Crippen LogP contribution in [0.2, 0.25) is 0 Å². The quantitative estimate of drug-likeness (QED) is 0.767. The SMILES string of the molecule is CC(=O)[C@@H]1CC[C@@H]2[C@H]3CC[C@H]4C[C@@H](O)CC[C@]4(C)[C@@H]3CC[C@@]21C. The Morgan fingerprint density at radius 2 is 1.61 bits per heavy atom. The van der Waals surface area contributed by atoms with E-state index in [4.69, 9.17) is 0 Å². The summed E-state index contributed by atoms with van der Waals surface area (Å²) in [6.45, 7) is 6.80. The van der Waals surface area contributed by atoms with Crippen LogP contribution in [0.5, 0.6) is 0 Å². The fraction of sp³-hybridized carbons (Fsp3) is 0.952. The van der Waals surface area contributed by atoms with Crippen molar-refractivity contribution in [1.29, 1.82) is 0 Å². The molecule has 4 aliphatic carbocycles. The maximum atomic E-state index is 12.2. The number of fused-ring (bicyclic) bond motifs is 5. The number of rotatable bonds is 1. The lowest BCUT2D eigenvalue weighted by Gasteiger charge is -2.60. The number of carbonyl (C=O) groups is 1. The monoisotopic (exact) mass is 318 g/mol. The minimum Gasteiger partial charge on any atom is -0.393 e. The lowest BCUT2D eigenvalue weighted by molar-refractivity contribution is -0.138. The molecule has 4 rings (SSSR count). The van der Waals surface area contributed by atoms with E-state index in [0.29, 0.717) is 17.1 Å². The maximum Gasteiger partial charge on any atom is 0.133 e. The van der Waals surface area contributed by atoms with Crippen LogP contribution < -0.4 is 0 Å². The Morgan fingerprint density at radius 3 is 2.35 bits per heavy atom. The summed E-state index contributed by atoms with van der Waals surface area (Å²) in [6, 6.07) is 0. The van der Waals surface area contributed by atoms with Crippen molar-refractivity contribution >= 4 is 5.78 Å². The lowest BCUT2D eigenvalue weighted by atomic mass is 9.44. The lowest BCUT2D eigenvalue weighted by Crippen LogP contribution is -2.54. The molecule has 4 saturated carbocycles. The number of hydrogen-bond acceptors (Lipinski definition) is 2. The molecule has 0 heterocycles. The molecule has 0 aromatic carbocycles. The molecule has 0 unspecified atom stereocenters. The van der Waals surface area contributed by atoms with Crippen molar-refractivity contribution in [3.63, 3.8) is 0 Å². The molecule has 23 heavy (non-hydrogen) atoms. The highest BCUT2D eigenvalue weighted by atomic mass is 16.3. The minimum atomic E-state index is -0.0490. The van der Waals surface area contributed by atoms with E-state index in [1.165, 1.54) is 38.5 Å². The zero-order valence-electron chi connectivity index (χ0n) is 15.2. The molecule has 0 radical (unpaired) electrons. The summed E-state index contributed by atoms with van der Waals surface area (Å²) in [5.74, 6) is 3.97. The molecule has 0 bridgehead atoms. The molecule has 0 amide bonds. The van der Waals surface area contributed by atoms with E-state index in [1.54, 1.807) is 0 Å². The molecule has 8 atom stereocenters. The third-order valence-electron chi connectivity index (χ3n) is 9.13. The Labute approximate surface area is 141 Å². The predicted molar refractivity (Wildman–Crippen MR) is 91.9 cm³/mol. The van der Waals surface area contributed by atoms with Crippen LogP contribution in [0.25, 0.3) is 0 Å². The summed E-state index contributed by atoms with van der Waals surface area (Å²) < 4.78 is 0. The van der Waals surface area contributed by atoms with Gasteiger partial charge in [-0.2, -0.15) is 0 Å². The van der Waals surface area contributed by atoms with Gasteiger partial charge < -0.3 is 5.11 Å². The molecule has 0 spiro atoms. The molecular formula is C21H34O2. The first-order valence-electron chi connectivity index (χ1n) is 10.0. The van der Waals surface area contributed by atoms with E-state index in [1.807, 2.05) is 6.92 Å². The minimum absolute atomic E-state index is 0.0490. The van der Waals surface area contributed by atoms with Gasteiger partial charge in [0.2, 0.25) is 0 Å². The molecular weight excluding hydrogens is 284 g/mol. The Bertz CT molecular complexity index is 500. The molecule has 0 aromatic rings. The van der Waals surface area contributed by atoms with Crippen LogP contribution >= 0.6 is 0 Å². The molecule has 4 fully saturated rings. The van der Waals surface area contributed by atoms with Gasteiger partial charge in [-0.05, 0) is 99.2 Å². The Kier molecular flexibility index (Phi) is 3.72. The molecule has 0 saturated heterocycles. The summed E-state index contributed by atoms with van der Waals surface area (Å²) in [6.07, 6.45) is 10.9. The highest BCUT2D eigenvalue weighted by Crippen LogP contribution is 2.67. The van der Waals surface area contributed by atoms with E-state index in [-0.39, 0.29) is 11.5 Å². The third-order valence-corrected chi connectivity index (χ3v) is 9.13. The first kappa shape index (κ1) is 16.1. The Morgan fingerprint density at radius 1 is 0.913 bits per heavy atom. The van der Waals surface area contributed by atoms with Gasteiger partial charge in [0.05, 0.1) is 6.10 Å². The van der Waals surface area contributed by atoms with Gasteiger partial charge in [0, 0.05) is 5.92 Å². The van der Waals surface area contributed by atoms with Crippen molar-refractivity contribution in [1.82, 2.24) is 0 Å². The molecule has 1 N–H and O–H groups in total. The van der Waals surface area contributed by atoms with E-state index < -0.39 is 0 Å². The van der Waals surface area contributed by atoms with Gasteiger partial charge >= 0.3 is 0 Å². The van der Waals surface area contributed by atoms with E-state index in [2.05, 4.69) is 13.8 Å². The van der Waals surface area contributed by atoms with Crippen LogP contribution in [-0.4, -0.2) is 17.0 Å². The number of aliphatic hydroxyl groups excluding tert-OH is 1. The highest BCUT2D eigenvalue weighted by molar-refractivity contribution is 5.79. The zero-order valence-corrected chi connectivity index (χ0v) is 15.2. The van der Waals surface area contributed by atoms with E-state index in [0.717, 1.165) is 42.9 Å². The normalized spacial score (nSPS) is 55.7. The summed E-state index contributed by atoms with van der Waals surface area (Å²) in [4.78, 5) is 12.2. The van der Waals surface area contributed by atoms with Gasteiger partial charge in [-0.25, -0.2) is 0 Å². The molecule has 130 valence electrons. The van der Waals surface area contributed by atoms with E-state index in [9.17, 15) is 9.90 Å². The van der Waals surface area contributed by atoms with Crippen molar-refractivity contribution in [3.05, 3.63) is 0 Å². The van der Waals surface area contributed by atoms with Crippen LogP contribution in [-0.2, 0) is 4.79 Å². The highest BCUT2D eigenvalue weighted by Gasteiger charge is 2.60. The van der Waals surface area contributed by atoms with Crippen molar-refractivity contribution in [3.8, 4) is 0 Å². The van der Waals surface area contributed by atoms with E-state index >= 15 is 0 Å². The molecule has 2 heteroatoms. The number of Topliss-reactive ketones (excluding diaryl/α,β-unsaturated/α-hetero) is 1. The second-order valence-corrected chi connectivity index (χ2v) is 9.87. The van der Waals surface area contributed by atoms with Crippen molar-refractivity contribution in [2.45, 2.75) is 84.7 Å². The van der Waals surface area contributed by atoms with Gasteiger partial charge in [0.1, 0.15) is 5.78 Å². The zero-order chi connectivity index (χ0) is 16.4. The van der Waals surface area contributed by atoms with Gasteiger partial charge in [-0.3, -0.25) is 4.79 Å². The smallest absolute Gasteiger partial charge is 0.133 e. The van der Waals surface area contributed by atoms with Crippen molar-refractivity contribution in [2.24, 2.45) is 40.4 Å². The average Bonchev–Trinajstić information content (AvgIpc) is 2.85. The molecule has 0 aliphatic heterocycles. The second-order valence-electron chi connectivity index (χ2n) is 9.87. The Balaban J connectivity index is 1.61. The third kappa shape index (κ3) is 2.19. The van der Waals surface area contributed by atoms with Crippen LogP contribution in [0.1, 0.15) is 78.6 Å². The molecule has 4 aliphatic rings.